The third-order valence-electron chi connectivity index (χ3n) is 2.96. The Labute approximate surface area is 101 Å². The van der Waals surface area contributed by atoms with Crippen LogP contribution in [0.3, 0.4) is 0 Å². The number of ether oxygens (including phenoxy) is 1. The highest BCUT2D eigenvalue weighted by molar-refractivity contribution is 5.80. The molecule has 4 heteroatoms. The maximum absolute atomic E-state index is 11.7. The number of hydrogen-bond acceptors (Lipinski definition) is 3. The molecule has 1 fully saturated rings. The zero-order valence-corrected chi connectivity index (χ0v) is 9.82. The summed E-state index contributed by atoms with van der Waals surface area (Å²) in [4.78, 5) is 11.7. The van der Waals surface area contributed by atoms with E-state index in [2.05, 4.69) is 5.32 Å². The first-order valence-corrected chi connectivity index (χ1v) is 5.97. The van der Waals surface area contributed by atoms with E-state index < -0.39 is 0 Å². The first-order valence-electron chi connectivity index (χ1n) is 5.97. The highest BCUT2D eigenvalue weighted by Crippen LogP contribution is 2.12. The summed E-state index contributed by atoms with van der Waals surface area (Å²) in [6, 6.07) is 7.44. The van der Waals surface area contributed by atoms with Crippen molar-refractivity contribution in [2.24, 2.45) is 0 Å². The minimum Gasteiger partial charge on any atom is -0.398 e. The lowest BCUT2D eigenvalue weighted by Crippen LogP contribution is -2.32. The predicted molar refractivity (Wildman–Crippen MR) is 66.5 cm³/mol. The van der Waals surface area contributed by atoms with Crippen LogP contribution in [0, 0.1) is 0 Å². The van der Waals surface area contributed by atoms with E-state index >= 15 is 0 Å². The van der Waals surface area contributed by atoms with Crippen LogP contribution in [0.4, 0.5) is 5.69 Å². The Kier molecular flexibility index (Phi) is 3.98. The van der Waals surface area contributed by atoms with Crippen LogP contribution < -0.4 is 11.1 Å². The lowest BCUT2D eigenvalue weighted by Gasteiger charge is -2.11. The molecule has 0 aromatic heterocycles. The second-order valence-electron chi connectivity index (χ2n) is 4.31. The van der Waals surface area contributed by atoms with Gasteiger partial charge < -0.3 is 15.8 Å². The molecule has 92 valence electrons. The van der Waals surface area contributed by atoms with Crippen LogP contribution in [-0.4, -0.2) is 25.2 Å². The lowest BCUT2D eigenvalue weighted by atomic mass is 10.1. The summed E-state index contributed by atoms with van der Waals surface area (Å²) in [5.41, 5.74) is 7.32. The lowest BCUT2D eigenvalue weighted by molar-refractivity contribution is -0.120. The van der Waals surface area contributed by atoms with E-state index in [1.54, 1.807) is 0 Å². The monoisotopic (exact) mass is 234 g/mol. The number of nitrogens with one attached hydrogen (secondary N) is 1. The smallest absolute Gasteiger partial charge is 0.224 e. The minimum atomic E-state index is -0.00148. The van der Waals surface area contributed by atoms with Crippen molar-refractivity contribution < 1.29 is 9.53 Å². The number of nitrogens with two attached hydrogens (primary N) is 1. The van der Waals surface area contributed by atoms with Crippen LogP contribution in [0.1, 0.15) is 18.4 Å². The van der Waals surface area contributed by atoms with Gasteiger partial charge in [0, 0.05) is 18.8 Å². The molecule has 2 rings (SSSR count). The predicted octanol–water partition coefficient (Wildman–Crippen LogP) is 1.11. The third kappa shape index (κ3) is 3.46. The molecule has 1 heterocycles. The average molecular weight is 234 g/mol. The van der Waals surface area contributed by atoms with Gasteiger partial charge in [-0.3, -0.25) is 4.79 Å². The van der Waals surface area contributed by atoms with E-state index in [0.29, 0.717) is 18.7 Å². The highest BCUT2D eigenvalue weighted by atomic mass is 16.5. The van der Waals surface area contributed by atoms with Crippen molar-refractivity contribution in [3.63, 3.8) is 0 Å². The number of para-hydroxylation sites is 1. The van der Waals surface area contributed by atoms with Gasteiger partial charge in [0.15, 0.2) is 0 Å². The molecule has 4 nitrogen and oxygen atoms in total. The Balaban J connectivity index is 1.79. The third-order valence-corrected chi connectivity index (χ3v) is 2.96. The molecule has 1 aliphatic heterocycles. The normalized spacial score (nSPS) is 19.2. The fourth-order valence-electron chi connectivity index (χ4n) is 1.96. The molecule has 1 atom stereocenters. The van der Waals surface area contributed by atoms with Gasteiger partial charge in [0.25, 0.3) is 0 Å². The topological polar surface area (TPSA) is 64.4 Å². The molecule has 1 amide bonds. The molecule has 0 bridgehead atoms. The first-order chi connectivity index (χ1) is 8.25. The van der Waals surface area contributed by atoms with Gasteiger partial charge >= 0.3 is 0 Å². The van der Waals surface area contributed by atoms with Crippen LogP contribution in [0.5, 0.6) is 0 Å². The zero-order chi connectivity index (χ0) is 12.1. The van der Waals surface area contributed by atoms with Crippen molar-refractivity contribution in [1.29, 1.82) is 0 Å². The number of carbonyl (C=O) groups is 1. The van der Waals surface area contributed by atoms with Gasteiger partial charge in [0.2, 0.25) is 5.91 Å². The molecule has 1 aromatic carbocycles. The number of anilines is 1. The molecule has 17 heavy (non-hydrogen) atoms. The van der Waals surface area contributed by atoms with Crippen LogP contribution in [0.2, 0.25) is 0 Å². The average Bonchev–Trinajstić information content (AvgIpc) is 2.82. The summed E-state index contributed by atoms with van der Waals surface area (Å²) in [6.07, 6.45) is 2.64. The quantitative estimate of drug-likeness (QED) is 0.767. The summed E-state index contributed by atoms with van der Waals surface area (Å²) < 4.78 is 5.44. The Bertz CT molecular complexity index is 387. The van der Waals surface area contributed by atoms with Gasteiger partial charge in [-0.25, -0.2) is 0 Å². The summed E-state index contributed by atoms with van der Waals surface area (Å²) in [6.45, 7) is 1.41. The Morgan fingerprint density at radius 1 is 1.47 bits per heavy atom. The van der Waals surface area contributed by atoms with Gasteiger partial charge in [-0.1, -0.05) is 18.2 Å². The molecule has 0 saturated carbocycles. The second kappa shape index (κ2) is 5.68. The van der Waals surface area contributed by atoms with Crippen molar-refractivity contribution in [3.8, 4) is 0 Å². The van der Waals surface area contributed by atoms with Crippen molar-refractivity contribution >= 4 is 11.6 Å². The molecule has 3 N–H and O–H groups in total. The second-order valence-corrected chi connectivity index (χ2v) is 4.31. The van der Waals surface area contributed by atoms with Gasteiger partial charge in [0.1, 0.15) is 0 Å². The number of hydrogen-bond donors (Lipinski definition) is 2. The Morgan fingerprint density at radius 3 is 3.00 bits per heavy atom. The van der Waals surface area contributed by atoms with E-state index in [1.165, 1.54) is 0 Å². The SMILES string of the molecule is Nc1ccccc1CC(=O)NCC1CCCO1. The van der Waals surface area contributed by atoms with Crippen molar-refractivity contribution in [3.05, 3.63) is 29.8 Å². The van der Waals surface area contributed by atoms with Gasteiger partial charge in [0.05, 0.1) is 12.5 Å². The standard InChI is InChI=1S/C13H18N2O2/c14-12-6-2-1-4-10(12)8-13(16)15-9-11-5-3-7-17-11/h1-2,4,6,11H,3,5,7-9,14H2,(H,15,16). The van der Waals surface area contributed by atoms with Crippen molar-refractivity contribution in [2.45, 2.75) is 25.4 Å². The summed E-state index contributed by atoms with van der Waals surface area (Å²) in [5.74, 6) is -0.00148. The van der Waals surface area contributed by atoms with Crippen LogP contribution in [-0.2, 0) is 16.0 Å². The molecule has 0 aliphatic carbocycles. The Hall–Kier alpha value is -1.55. The number of benzene rings is 1. The summed E-state index contributed by atoms with van der Waals surface area (Å²) in [7, 11) is 0. The zero-order valence-electron chi connectivity index (χ0n) is 9.82. The van der Waals surface area contributed by atoms with Gasteiger partial charge in [-0.2, -0.15) is 0 Å². The molecule has 1 aliphatic rings. The fraction of sp³-hybridized carbons (Fsp3) is 0.462. The van der Waals surface area contributed by atoms with Gasteiger partial charge in [-0.15, -0.1) is 0 Å². The summed E-state index contributed by atoms with van der Waals surface area (Å²) in [5, 5.41) is 2.88. The van der Waals surface area contributed by atoms with Crippen LogP contribution >= 0.6 is 0 Å². The largest absolute Gasteiger partial charge is 0.398 e. The number of nitrogen functional groups attached to an aromatic ring is 1. The number of carbonyl (C=O) groups excluding carboxylic acids is 1. The van der Waals surface area contributed by atoms with Crippen molar-refractivity contribution in [1.82, 2.24) is 5.32 Å². The molecule has 1 unspecified atom stereocenters. The molecule has 1 saturated heterocycles. The van der Waals surface area contributed by atoms with Gasteiger partial charge in [-0.05, 0) is 24.5 Å². The number of amides is 1. The van der Waals surface area contributed by atoms with Crippen LogP contribution in [0.25, 0.3) is 0 Å². The van der Waals surface area contributed by atoms with Crippen molar-refractivity contribution in [2.75, 3.05) is 18.9 Å². The fourth-order valence-corrected chi connectivity index (χ4v) is 1.96. The van der Waals surface area contributed by atoms with Crippen LogP contribution in [0.15, 0.2) is 24.3 Å². The van der Waals surface area contributed by atoms with E-state index in [4.69, 9.17) is 10.5 Å². The molecule has 1 aromatic rings. The Morgan fingerprint density at radius 2 is 2.29 bits per heavy atom. The van der Waals surface area contributed by atoms with E-state index in [9.17, 15) is 4.79 Å². The molecule has 0 spiro atoms. The first kappa shape index (κ1) is 11.9. The molecule has 0 radical (unpaired) electrons. The van der Waals surface area contributed by atoms with E-state index in [1.807, 2.05) is 24.3 Å². The maximum atomic E-state index is 11.7. The minimum absolute atomic E-state index is 0.00148. The maximum Gasteiger partial charge on any atom is 0.224 e. The summed E-state index contributed by atoms with van der Waals surface area (Å²) >= 11 is 0. The number of rotatable bonds is 4. The highest BCUT2D eigenvalue weighted by Gasteiger charge is 2.16. The molecular formula is C13H18N2O2. The van der Waals surface area contributed by atoms with E-state index in [-0.39, 0.29) is 12.0 Å². The molecular weight excluding hydrogens is 216 g/mol. The van der Waals surface area contributed by atoms with E-state index in [0.717, 1.165) is 25.0 Å².